The predicted octanol–water partition coefficient (Wildman–Crippen LogP) is 4.53. The fourth-order valence-corrected chi connectivity index (χ4v) is 4.88. The van der Waals surface area contributed by atoms with Gasteiger partial charge in [0.15, 0.2) is 0 Å². The van der Waals surface area contributed by atoms with Crippen molar-refractivity contribution in [2.45, 2.75) is 45.1 Å². The number of carbonyl (C=O) groups excluding carboxylic acids is 2. The van der Waals surface area contributed by atoms with E-state index in [1.807, 2.05) is 43.4 Å². The van der Waals surface area contributed by atoms with E-state index in [-0.39, 0.29) is 17.7 Å². The molecule has 1 aliphatic carbocycles. The Labute approximate surface area is 173 Å². The Morgan fingerprint density at radius 1 is 1.07 bits per heavy atom. The van der Waals surface area contributed by atoms with Crippen LogP contribution in [0.25, 0.3) is 11.1 Å². The molecule has 0 N–H and O–H groups in total. The maximum atomic E-state index is 12.9. The quantitative estimate of drug-likeness (QED) is 0.753. The van der Waals surface area contributed by atoms with Crippen LogP contribution in [0, 0.1) is 12.8 Å². The number of aryl methyl sites for hydroxylation is 1. The van der Waals surface area contributed by atoms with Crippen molar-refractivity contribution in [1.29, 1.82) is 0 Å². The van der Waals surface area contributed by atoms with Crippen LogP contribution in [0.2, 0.25) is 0 Å². The Hall–Kier alpha value is -2.62. The highest BCUT2D eigenvalue weighted by atomic mass is 16.2. The van der Waals surface area contributed by atoms with Gasteiger partial charge in [-0.05, 0) is 48.6 Å². The molecule has 1 heterocycles. The summed E-state index contributed by atoms with van der Waals surface area (Å²) in [5.41, 5.74) is 4.23. The van der Waals surface area contributed by atoms with Gasteiger partial charge in [0.2, 0.25) is 5.91 Å². The summed E-state index contributed by atoms with van der Waals surface area (Å²) < 4.78 is 0. The summed E-state index contributed by atoms with van der Waals surface area (Å²) in [6.45, 7) is 3.53. The Morgan fingerprint density at radius 3 is 2.45 bits per heavy atom. The average molecular weight is 391 g/mol. The van der Waals surface area contributed by atoms with Gasteiger partial charge in [0.05, 0.1) is 0 Å². The lowest BCUT2D eigenvalue weighted by Gasteiger charge is -2.25. The van der Waals surface area contributed by atoms with Crippen molar-refractivity contribution in [3.8, 4) is 11.1 Å². The van der Waals surface area contributed by atoms with E-state index in [4.69, 9.17) is 0 Å². The van der Waals surface area contributed by atoms with Gasteiger partial charge in [-0.3, -0.25) is 9.59 Å². The SMILES string of the molecule is Cc1ccccc1-c1ccc(C(=O)N(C)CC2CC(=O)N(C3CCCC3)C2)cc1. The van der Waals surface area contributed by atoms with Gasteiger partial charge < -0.3 is 9.80 Å². The second-order valence-corrected chi connectivity index (χ2v) is 8.63. The van der Waals surface area contributed by atoms with Gasteiger partial charge in [0.1, 0.15) is 0 Å². The largest absolute Gasteiger partial charge is 0.341 e. The standard InChI is InChI=1S/C25H30N2O2/c1-18-7-3-6-10-23(18)20-11-13-21(14-12-20)25(29)26(2)16-19-15-24(28)27(17-19)22-8-4-5-9-22/h3,6-7,10-14,19,22H,4-5,8-9,15-17H2,1-2H3. The Kier molecular flexibility index (Phi) is 5.70. The summed E-state index contributed by atoms with van der Waals surface area (Å²) in [5.74, 6) is 0.529. The third-order valence-corrected chi connectivity index (χ3v) is 6.47. The van der Waals surface area contributed by atoms with Crippen LogP contribution in [-0.2, 0) is 4.79 Å². The first kappa shape index (κ1) is 19.7. The normalized spacial score (nSPS) is 19.7. The van der Waals surface area contributed by atoms with Crippen LogP contribution in [-0.4, -0.2) is 47.8 Å². The number of benzene rings is 2. The first-order valence-corrected chi connectivity index (χ1v) is 10.7. The molecule has 0 bridgehead atoms. The first-order chi connectivity index (χ1) is 14.0. The van der Waals surface area contributed by atoms with Crippen LogP contribution in [0.3, 0.4) is 0 Å². The Morgan fingerprint density at radius 2 is 1.76 bits per heavy atom. The maximum Gasteiger partial charge on any atom is 0.253 e. The molecular formula is C25H30N2O2. The first-order valence-electron chi connectivity index (χ1n) is 10.7. The van der Waals surface area contributed by atoms with E-state index in [1.165, 1.54) is 24.0 Å². The van der Waals surface area contributed by atoms with Crippen molar-refractivity contribution in [3.63, 3.8) is 0 Å². The summed E-state index contributed by atoms with van der Waals surface area (Å²) in [6, 6.07) is 16.6. The smallest absolute Gasteiger partial charge is 0.253 e. The molecule has 0 radical (unpaired) electrons. The van der Waals surface area contributed by atoms with Gasteiger partial charge in [0.25, 0.3) is 5.91 Å². The minimum Gasteiger partial charge on any atom is -0.341 e. The van der Waals surface area contributed by atoms with Crippen molar-refractivity contribution in [2.75, 3.05) is 20.1 Å². The molecule has 152 valence electrons. The van der Waals surface area contributed by atoms with E-state index in [2.05, 4.69) is 24.0 Å². The van der Waals surface area contributed by atoms with Crippen LogP contribution >= 0.6 is 0 Å². The number of carbonyl (C=O) groups is 2. The van der Waals surface area contributed by atoms with Crippen molar-refractivity contribution in [2.24, 2.45) is 5.92 Å². The Balaban J connectivity index is 1.38. The summed E-state index contributed by atoms with van der Waals surface area (Å²) in [7, 11) is 1.85. The van der Waals surface area contributed by atoms with Crippen molar-refractivity contribution < 1.29 is 9.59 Å². The number of likely N-dealkylation sites (tertiary alicyclic amines) is 1. The van der Waals surface area contributed by atoms with Gasteiger partial charge >= 0.3 is 0 Å². The highest BCUT2D eigenvalue weighted by molar-refractivity contribution is 5.94. The second kappa shape index (κ2) is 8.40. The van der Waals surface area contributed by atoms with Gasteiger partial charge in [-0.15, -0.1) is 0 Å². The summed E-state index contributed by atoms with van der Waals surface area (Å²) in [5, 5.41) is 0. The molecule has 1 unspecified atom stereocenters. The highest BCUT2D eigenvalue weighted by Crippen LogP contribution is 2.30. The summed E-state index contributed by atoms with van der Waals surface area (Å²) in [6.07, 6.45) is 5.31. The Bertz CT molecular complexity index is 884. The van der Waals surface area contributed by atoms with E-state index >= 15 is 0 Å². The van der Waals surface area contributed by atoms with Crippen molar-refractivity contribution >= 4 is 11.8 Å². The van der Waals surface area contributed by atoms with Crippen LogP contribution in [0.5, 0.6) is 0 Å². The molecule has 1 aliphatic heterocycles. The zero-order valence-corrected chi connectivity index (χ0v) is 17.4. The third kappa shape index (κ3) is 4.21. The van der Waals surface area contributed by atoms with Gasteiger partial charge in [0, 0.05) is 44.1 Å². The molecule has 4 rings (SSSR count). The van der Waals surface area contributed by atoms with Crippen LogP contribution in [0.1, 0.15) is 48.0 Å². The molecule has 0 spiro atoms. The maximum absolute atomic E-state index is 12.9. The highest BCUT2D eigenvalue weighted by Gasteiger charge is 2.36. The van der Waals surface area contributed by atoms with Crippen molar-refractivity contribution in [3.05, 3.63) is 59.7 Å². The minimum absolute atomic E-state index is 0.0214. The van der Waals surface area contributed by atoms with E-state index in [1.54, 1.807) is 4.90 Å². The van der Waals surface area contributed by atoms with E-state index in [0.717, 1.165) is 24.9 Å². The number of nitrogens with zero attached hydrogens (tertiary/aromatic N) is 2. The van der Waals surface area contributed by atoms with Crippen LogP contribution in [0.15, 0.2) is 48.5 Å². The average Bonchev–Trinajstić information content (AvgIpc) is 3.37. The topological polar surface area (TPSA) is 40.6 Å². The predicted molar refractivity (Wildman–Crippen MR) is 116 cm³/mol. The molecule has 0 aromatic heterocycles. The minimum atomic E-state index is 0.0214. The number of hydrogen-bond acceptors (Lipinski definition) is 2. The fraction of sp³-hybridized carbons (Fsp3) is 0.440. The molecule has 1 saturated carbocycles. The molecule has 2 fully saturated rings. The lowest BCUT2D eigenvalue weighted by Crippen LogP contribution is -2.36. The van der Waals surface area contributed by atoms with Gasteiger partial charge in [-0.2, -0.15) is 0 Å². The zero-order chi connectivity index (χ0) is 20.4. The summed E-state index contributed by atoms with van der Waals surface area (Å²) in [4.78, 5) is 29.2. The molecule has 2 aliphatic rings. The van der Waals surface area contributed by atoms with E-state index in [9.17, 15) is 9.59 Å². The number of amides is 2. The molecule has 2 aromatic carbocycles. The van der Waals surface area contributed by atoms with Gasteiger partial charge in [-0.1, -0.05) is 49.2 Å². The fourth-order valence-electron chi connectivity index (χ4n) is 4.88. The molecule has 2 aromatic rings. The number of rotatable bonds is 5. The van der Waals surface area contributed by atoms with E-state index < -0.39 is 0 Å². The molecular weight excluding hydrogens is 360 g/mol. The molecule has 4 heteroatoms. The summed E-state index contributed by atoms with van der Waals surface area (Å²) >= 11 is 0. The molecule has 1 atom stereocenters. The van der Waals surface area contributed by atoms with Gasteiger partial charge in [-0.25, -0.2) is 0 Å². The van der Waals surface area contributed by atoms with Crippen molar-refractivity contribution in [1.82, 2.24) is 9.80 Å². The molecule has 2 amide bonds. The van der Waals surface area contributed by atoms with Crippen LogP contribution in [0.4, 0.5) is 0 Å². The monoisotopic (exact) mass is 390 g/mol. The molecule has 29 heavy (non-hydrogen) atoms. The third-order valence-electron chi connectivity index (χ3n) is 6.47. The molecule has 4 nitrogen and oxygen atoms in total. The number of hydrogen-bond donors (Lipinski definition) is 0. The lowest BCUT2D eigenvalue weighted by atomic mass is 9.99. The van der Waals surface area contributed by atoms with E-state index in [0.29, 0.717) is 24.6 Å². The van der Waals surface area contributed by atoms with Crippen LogP contribution < -0.4 is 0 Å². The second-order valence-electron chi connectivity index (χ2n) is 8.63. The zero-order valence-electron chi connectivity index (χ0n) is 17.4. The molecule has 1 saturated heterocycles. The lowest BCUT2D eigenvalue weighted by molar-refractivity contribution is -0.129.